The Morgan fingerprint density at radius 2 is 1.04 bits per heavy atom. The second-order valence-corrected chi connectivity index (χ2v) is 5.38. The van der Waals surface area contributed by atoms with Crippen LogP contribution in [0.2, 0.25) is 0 Å². The number of carbonyl (C=O) groups excluding carboxylic acids is 4. The van der Waals surface area contributed by atoms with E-state index in [9.17, 15) is 19.2 Å². The fourth-order valence-corrected chi connectivity index (χ4v) is 1.44. The molecule has 0 fully saturated rings. The summed E-state index contributed by atoms with van der Waals surface area (Å²) in [5, 5.41) is 0. The van der Waals surface area contributed by atoms with Gasteiger partial charge in [-0.05, 0) is 0 Å². The van der Waals surface area contributed by atoms with Crippen LogP contribution in [0.1, 0.15) is 0 Å². The lowest BCUT2D eigenvalue weighted by Crippen LogP contribution is -2.44. The molecule has 9 heteroatoms. The van der Waals surface area contributed by atoms with E-state index < -0.39 is 29.4 Å². The van der Waals surface area contributed by atoms with Gasteiger partial charge in [0.2, 0.25) is 0 Å². The summed E-state index contributed by atoms with van der Waals surface area (Å²) < 4.78 is 20.1. The normalized spacial score (nSPS) is 10.1. The first-order valence-electron chi connectivity index (χ1n) is 7.41. The van der Waals surface area contributed by atoms with Gasteiger partial charge in [0.15, 0.2) is 0 Å². The van der Waals surface area contributed by atoms with Crippen LogP contribution in [0.5, 0.6) is 0 Å². The SMILES string of the molecule is C=CC(=O)OCC(COC(=O)C=C)(COC(=O)C=C)COC(=O)N(C)C. The monoisotopic (exact) mass is 369 g/mol. The summed E-state index contributed by atoms with van der Waals surface area (Å²) in [7, 11) is 2.94. The summed E-state index contributed by atoms with van der Waals surface area (Å²) in [6.45, 7) is 8.35. The Balaban J connectivity index is 5.41. The molecule has 0 atom stereocenters. The van der Waals surface area contributed by atoms with Crippen molar-refractivity contribution in [1.82, 2.24) is 4.90 Å². The summed E-state index contributed by atoms with van der Waals surface area (Å²) in [4.78, 5) is 47.0. The van der Waals surface area contributed by atoms with Gasteiger partial charge in [-0.3, -0.25) is 0 Å². The molecular formula is C17H23NO8. The van der Waals surface area contributed by atoms with Crippen molar-refractivity contribution >= 4 is 24.0 Å². The minimum absolute atomic E-state index is 0.358. The van der Waals surface area contributed by atoms with Crippen LogP contribution in [0.4, 0.5) is 4.79 Å². The van der Waals surface area contributed by atoms with Gasteiger partial charge in [-0.2, -0.15) is 0 Å². The first-order valence-corrected chi connectivity index (χ1v) is 7.41. The topological polar surface area (TPSA) is 108 Å². The highest BCUT2D eigenvalue weighted by Gasteiger charge is 2.37. The predicted octanol–water partition coefficient (Wildman–Crippen LogP) is 0.859. The lowest BCUT2D eigenvalue weighted by atomic mass is 9.92. The number of hydrogen-bond acceptors (Lipinski definition) is 8. The smallest absolute Gasteiger partial charge is 0.409 e. The Morgan fingerprint density at radius 3 is 1.31 bits per heavy atom. The standard InChI is InChI=1S/C17H23NO8/c1-6-13(19)23-9-17(10-24-14(20)7-2,11-25-15(21)8-3)12-26-16(22)18(4)5/h6-8H,1-3,9-12H2,4-5H3. The second kappa shape index (κ2) is 11.5. The number of nitrogens with zero attached hydrogens (tertiary/aromatic N) is 1. The molecule has 0 aliphatic carbocycles. The Bertz CT molecular complexity index is 507. The first kappa shape index (κ1) is 22.9. The van der Waals surface area contributed by atoms with E-state index in [0.29, 0.717) is 0 Å². The maximum atomic E-state index is 11.7. The van der Waals surface area contributed by atoms with Crippen LogP contribution < -0.4 is 0 Å². The number of hydrogen-bond donors (Lipinski definition) is 0. The zero-order chi connectivity index (χ0) is 20.2. The lowest BCUT2D eigenvalue weighted by molar-refractivity contribution is -0.159. The van der Waals surface area contributed by atoms with E-state index >= 15 is 0 Å². The molecule has 0 aromatic carbocycles. The summed E-state index contributed by atoms with van der Waals surface area (Å²) in [5.74, 6) is -2.25. The third-order valence-electron chi connectivity index (χ3n) is 2.93. The highest BCUT2D eigenvalue weighted by molar-refractivity contribution is 5.82. The van der Waals surface area contributed by atoms with Crippen molar-refractivity contribution in [1.29, 1.82) is 0 Å². The molecule has 9 nitrogen and oxygen atoms in total. The van der Waals surface area contributed by atoms with Crippen LogP contribution in [0, 0.1) is 5.41 Å². The van der Waals surface area contributed by atoms with Gasteiger partial charge in [-0.1, -0.05) is 19.7 Å². The molecule has 26 heavy (non-hydrogen) atoms. The minimum atomic E-state index is -1.33. The molecular weight excluding hydrogens is 346 g/mol. The predicted molar refractivity (Wildman–Crippen MR) is 90.9 cm³/mol. The van der Waals surface area contributed by atoms with Crippen LogP contribution in [0.25, 0.3) is 0 Å². The molecule has 1 amide bonds. The summed E-state index contributed by atoms with van der Waals surface area (Å²) in [6, 6.07) is 0. The number of amides is 1. The zero-order valence-electron chi connectivity index (χ0n) is 14.9. The van der Waals surface area contributed by atoms with Gasteiger partial charge in [0, 0.05) is 32.3 Å². The van der Waals surface area contributed by atoms with Crippen molar-refractivity contribution in [3.05, 3.63) is 38.0 Å². The van der Waals surface area contributed by atoms with Crippen LogP contribution in [-0.4, -0.2) is 69.4 Å². The molecule has 0 saturated heterocycles. The molecule has 0 radical (unpaired) electrons. The average molecular weight is 369 g/mol. The van der Waals surface area contributed by atoms with Crippen molar-refractivity contribution in [2.24, 2.45) is 5.41 Å². The molecule has 0 aliphatic rings. The summed E-state index contributed by atoms with van der Waals surface area (Å²) >= 11 is 0. The van der Waals surface area contributed by atoms with Gasteiger partial charge in [0.05, 0.1) is 0 Å². The van der Waals surface area contributed by atoms with Crippen molar-refractivity contribution in [3.8, 4) is 0 Å². The molecule has 0 rings (SSSR count). The molecule has 0 aliphatic heterocycles. The van der Waals surface area contributed by atoms with Gasteiger partial charge in [0.1, 0.15) is 31.8 Å². The zero-order valence-corrected chi connectivity index (χ0v) is 14.9. The van der Waals surface area contributed by atoms with E-state index in [1.165, 1.54) is 19.0 Å². The molecule has 0 bridgehead atoms. The van der Waals surface area contributed by atoms with E-state index in [-0.39, 0.29) is 26.4 Å². The third-order valence-corrected chi connectivity index (χ3v) is 2.93. The van der Waals surface area contributed by atoms with Crippen molar-refractivity contribution in [2.75, 3.05) is 40.5 Å². The Hall–Kier alpha value is -3.10. The number of esters is 3. The largest absolute Gasteiger partial charge is 0.462 e. The van der Waals surface area contributed by atoms with Crippen molar-refractivity contribution < 1.29 is 38.1 Å². The third kappa shape index (κ3) is 8.67. The number of rotatable bonds is 11. The number of ether oxygens (including phenoxy) is 4. The minimum Gasteiger partial charge on any atom is -0.462 e. The van der Waals surface area contributed by atoms with E-state index in [1.807, 2.05) is 0 Å². The Morgan fingerprint density at radius 1 is 0.731 bits per heavy atom. The fourth-order valence-electron chi connectivity index (χ4n) is 1.44. The van der Waals surface area contributed by atoms with E-state index in [0.717, 1.165) is 18.2 Å². The van der Waals surface area contributed by atoms with E-state index in [4.69, 9.17) is 18.9 Å². The van der Waals surface area contributed by atoms with E-state index in [2.05, 4.69) is 19.7 Å². The molecule has 0 spiro atoms. The molecule has 0 aromatic rings. The Kier molecular flexibility index (Phi) is 10.1. The van der Waals surface area contributed by atoms with Gasteiger partial charge in [-0.25, -0.2) is 19.2 Å². The van der Waals surface area contributed by atoms with Gasteiger partial charge < -0.3 is 23.8 Å². The average Bonchev–Trinajstić information content (AvgIpc) is 2.65. The van der Waals surface area contributed by atoms with Crippen LogP contribution in [0.15, 0.2) is 38.0 Å². The van der Waals surface area contributed by atoms with Crippen molar-refractivity contribution in [2.45, 2.75) is 0 Å². The first-order chi connectivity index (χ1) is 12.2. The summed E-state index contributed by atoms with van der Waals surface area (Å²) in [5.41, 5.74) is -1.33. The molecule has 0 N–H and O–H groups in total. The molecule has 144 valence electrons. The molecule has 0 heterocycles. The van der Waals surface area contributed by atoms with Crippen LogP contribution >= 0.6 is 0 Å². The lowest BCUT2D eigenvalue weighted by Gasteiger charge is -2.31. The summed E-state index contributed by atoms with van der Waals surface area (Å²) in [6.07, 6.45) is 2.11. The quantitative estimate of drug-likeness (QED) is 0.300. The van der Waals surface area contributed by atoms with Crippen LogP contribution in [-0.2, 0) is 33.3 Å². The highest BCUT2D eigenvalue weighted by atomic mass is 16.6. The second-order valence-electron chi connectivity index (χ2n) is 5.38. The number of carbonyl (C=O) groups is 4. The molecule has 0 saturated carbocycles. The Labute approximate surface area is 151 Å². The van der Waals surface area contributed by atoms with E-state index in [1.54, 1.807) is 0 Å². The maximum Gasteiger partial charge on any atom is 0.409 e. The fraction of sp³-hybridized carbons (Fsp3) is 0.412. The van der Waals surface area contributed by atoms with Gasteiger partial charge >= 0.3 is 24.0 Å². The maximum absolute atomic E-state index is 11.7. The van der Waals surface area contributed by atoms with Gasteiger partial charge in [-0.15, -0.1) is 0 Å². The van der Waals surface area contributed by atoms with Gasteiger partial charge in [0.25, 0.3) is 0 Å². The van der Waals surface area contributed by atoms with Crippen molar-refractivity contribution in [3.63, 3.8) is 0 Å². The highest BCUT2D eigenvalue weighted by Crippen LogP contribution is 2.22. The molecule has 0 unspecified atom stereocenters. The molecule has 0 aromatic heterocycles. The van der Waals surface area contributed by atoms with Crippen LogP contribution in [0.3, 0.4) is 0 Å².